The van der Waals surface area contributed by atoms with Crippen LogP contribution >= 0.6 is 0 Å². The summed E-state index contributed by atoms with van der Waals surface area (Å²) in [6.45, 7) is 5.65. The highest BCUT2D eigenvalue weighted by Crippen LogP contribution is 2.40. The van der Waals surface area contributed by atoms with E-state index in [-0.39, 0.29) is 11.7 Å². The molecular formula is C30H33N3O5. The van der Waals surface area contributed by atoms with Crippen molar-refractivity contribution in [3.8, 4) is 11.5 Å². The predicted octanol–water partition coefficient (Wildman–Crippen LogP) is 3.12. The van der Waals surface area contributed by atoms with Crippen molar-refractivity contribution in [1.29, 1.82) is 0 Å². The number of likely N-dealkylation sites (tertiary alicyclic amines) is 1. The lowest BCUT2D eigenvalue weighted by molar-refractivity contribution is -0.695. The number of fused-ring (bicyclic) bond motifs is 1. The number of hydrogen-bond donors (Lipinski definition) is 1. The molecule has 2 aliphatic rings. The molecule has 0 radical (unpaired) electrons. The summed E-state index contributed by atoms with van der Waals surface area (Å²) in [4.78, 5) is 31.2. The average Bonchev–Trinajstić information content (AvgIpc) is 3.62. The van der Waals surface area contributed by atoms with Gasteiger partial charge in [0.1, 0.15) is 30.0 Å². The van der Waals surface area contributed by atoms with Gasteiger partial charge in [-0.05, 0) is 54.3 Å². The molecule has 0 saturated carbocycles. The summed E-state index contributed by atoms with van der Waals surface area (Å²) in [7, 11) is 0. The first kappa shape index (κ1) is 25.6. The molecule has 1 N–H and O–H groups in total. The lowest BCUT2D eigenvalue weighted by atomic mass is 9.94. The van der Waals surface area contributed by atoms with Gasteiger partial charge in [-0.15, -0.1) is 0 Å². The van der Waals surface area contributed by atoms with Gasteiger partial charge in [-0.2, -0.15) is 0 Å². The molecule has 1 amide bonds. The number of hydrogen-bond acceptors (Lipinski definition) is 5. The molecule has 3 aromatic rings. The van der Waals surface area contributed by atoms with Crippen LogP contribution in [0.5, 0.6) is 11.5 Å². The second-order valence-electron chi connectivity index (χ2n) is 9.91. The van der Waals surface area contributed by atoms with E-state index in [1.165, 1.54) is 4.90 Å². The number of amides is 1. The van der Waals surface area contributed by atoms with E-state index in [2.05, 4.69) is 11.9 Å². The number of carbonyl (C=O) groups is 2. The molecule has 0 bridgehead atoms. The number of aromatic amines is 1. The molecule has 5 rings (SSSR count). The fourth-order valence-corrected chi connectivity index (χ4v) is 5.16. The van der Waals surface area contributed by atoms with Gasteiger partial charge in [0.15, 0.2) is 0 Å². The van der Waals surface area contributed by atoms with Crippen LogP contribution in [0.1, 0.15) is 55.8 Å². The van der Waals surface area contributed by atoms with E-state index in [4.69, 9.17) is 9.47 Å². The molecule has 8 nitrogen and oxygen atoms in total. The molecule has 0 aliphatic carbocycles. The number of ketones is 1. The van der Waals surface area contributed by atoms with Crippen molar-refractivity contribution < 1.29 is 28.7 Å². The van der Waals surface area contributed by atoms with E-state index in [1.54, 1.807) is 18.2 Å². The minimum Gasteiger partial charge on any atom is -0.872 e. The van der Waals surface area contributed by atoms with E-state index in [1.807, 2.05) is 54.5 Å². The lowest BCUT2D eigenvalue weighted by Gasteiger charge is -2.28. The van der Waals surface area contributed by atoms with Gasteiger partial charge in [-0.25, -0.2) is 4.57 Å². The van der Waals surface area contributed by atoms with Crippen molar-refractivity contribution in [3.63, 3.8) is 0 Å². The zero-order valence-corrected chi connectivity index (χ0v) is 21.8. The summed E-state index contributed by atoms with van der Waals surface area (Å²) in [5.74, 6) is -0.397. The monoisotopic (exact) mass is 515 g/mol. The highest BCUT2D eigenvalue weighted by atomic mass is 16.5. The number of aryl methyl sites for hydroxylation is 1. The highest BCUT2D eigenvalue weighted by Gasteiger charge is 2.44. The van der Waals surface area contributed by atoms with Crippen LogP contribution in [0, 0.1) is 0 Å². The van der Waals surface area contributed by atoms with Crippen molar-refractivity contribution >= 4 is 17.4 Å². The van der Waals surface area contributed by atoms with Crippen molar-refractivity contribution in [2.45, 2.75) is 58.2 Å². The van der Waals surface area contributed by atoms with Gasteiger partial charge in [0, 0.05) is 25.0 Å². The first-order chi connectivity index (χ1) is 18.5. The van der Waals surface area contributed by atoms with Crippen molar-refractivity contribution in [2.75, 3.05) is 13.2 Å². The summed E-state index contributed by atoms with van der Waals surface area (Å²) in [6.07, 6.45) is 8.86. The van der Waals surface area contributed by atoms with Gasteiger partial charge < -0.3 is 19.5 Å². The second kappa shape index (κ2) is 11.1. The molecule has 1 saturated heterocycles. The van der Waals surface area contributed by atoms with Gasteiger partial charge in [-0.1, -0.05) is 37.3 Å². The van der Waals surface area contributed by atoms with Gasteiger partial charge in [0.05, 0.1) is 19.2 Å². The molecule has 0 spiro atoms. The lowest BCUT2D eigenvalue weighted by Crippen LogP contribution is -2.36. The van der Waals surface area contributed by atoms with Crippen LogP contribution in [0.4, 0.5) is 0 Å². The van der Waals surface area contributed by atoms with E-state index in [9.17, 15) is 14.7 Å². The van der Waals surface area contributed by atoms with Crippen molar-refractivity contribution in [2.24, 2.45) is 0 Å². The molecule has 3 heterocycles. The van der Waals surface area contributed by atoms with Crippen LogP contribution in [-0.2, 0) is 22.6 Å². The van der Waals surface area contributed by atoms with Crippen LogP contribution in [0.2, 0.25) is 0 Å². The molecular weight excluding hydrogens is 482 g/mol. The Bertz CT molecular complexity index is 1350. The van der Waals surface area contributed by atoms with Gasteiger partial charge in [0.2, 0.25) is 12.1 Å². The van der Waals surface area contributed by atoms with E-state index in [0.717, 1.165) is 24.2 Å². The Labute approximate surface area is 222 Å². The zero-order chi connectivity index (χ0) is 26.6. The Morgan fingerprint density at radius 3 is 2.87 bits per heavy atom. The number of Topliss-reactive ketones (excluding diaryl/α,β-unsaturated/α-hetero) is 1. The van der Waals surface area contributed by atoms with Crippen LogP contribution < -0.4 is 19.1 Å². The van der Waals surface area contributed by atoms with Crippen molar-refractivity contribution in [1.82, 2.24) is 9.88 Å². The van der Waals surface area contributed by atoms with Gasteiger partial charge in [-0.3, -0.25) is 14.6 Å². The topological polar surface area (TPSA) is 98.6 Å². The second-order valence-corrected chi connectivity index (χ2v) is 9.91. The third-order valence-corrected chi connectivity index (χ3v) is 7.05. The van der Waals surface area contributed by atoms with E-state index >= 15 is 0 Å². The van der Waals surface area contributed by atoms with Crippen LogP contribution in [0.15, 0.2) is 66.8 Å². The summed E-state index contributed by atoms with van der Waals surface area (Å²) < 4.78 is 13.7. The fourth-order valence-electron chi connectivity index (χ4n) is 5.16. The normalized spacial score (nSPS) is 20.0. The predicted molar refractivity (Wildman–Crippen MR) is 139 cm³/mol. The molecule has 2 unspecified atom stereocenters. The van der Waals surface area contributed by atoms with Gasteiger partial charge >= 0.3 is 0 Å². The number of benzene rings is 2. The molecule has 198 valence electrons. The molecule has 8 heteroatoms. The molecule has 2 aliphatic heterocycles. The first-order valence-corrected chi connectivity index (χ1v) is 13.3. The Morgan fingerprint density at radius 1 is 1.21 bits per heavy atom. The number of nitrogens with zero attached hydrogens (tertiary/aromatic N) is 2. The molecule has 2 atom stereocenters. The third-order valence-electron chi connectivity index (χ3n) is 7.05. The fraction of sp³-hybridized carbons (Fsp3) is 0.367. The number of rotatable bonds is 10. The van der Waals surface area contributed by atoms with Crippen molar-refractivity contribution in [3.05, 3.63) is 83.4 Å². The number of ether oxygens (including phenoxy) is 2. The maximum absolute atomic E-state index is 13.9. The average molecular weight is 516 g/mol. The molecule has 1 fully saturated rings. The molecule has 1 aromatic heterocycles. The Morgan fingerprint density at radius 2 is 2.08 bits per heavy atom. The number of carbonyl (C=O) groups excluding carboxylic acids is 2. The number of unbranched alkanes of at least 4 members (excludes halogenated alkanes) is 1. The smallest absolute Gasteiger partial charge is 0.295 e. The molecule has 38 heavy (non-hydrogen) atoms. The van der Waals surface area contributed by atoms with E-state index < -0.39 is 23.5 Å². The molecule has 2 aromatic carbocycles. The summed E-state index contributed by atoms with van der Waals surface area (Å²) in [5.41, 5.74) is 2.00. The number of imidazole rings is 1. The Kier molecular flexibility index (Phi) is 7.49. The van der Waals surface area contributed by atoms with Crippen LogP contribution in [0.3, 0.4) is 0 Å². The maximum Gasteiger partial charge on any atom is 0.295 e. The van der Waals surface area contributed by atoms with Crippen LogP contribution in [0.25, 0.3) is 5.76 Å². The minimum atomic E-state index is -0.781. The SMILES string of the molecule is CCCCOc1cccc(C2C(=C([O-])c3ccc4c(c3)CC(C)O4)C(=O)C(=O)N2CCC[n+]2cc[nH]c2)c1. The quantitative estimate of drug-likeness (QED) is 0.147. The summed E-state index contributed by atoms with van der Waals surface area (Å²) in [6, 6.07) is 11.8. The van der Waals surface area contributed by atoms with E-state index in [0.29, 0.717) is 49.4 Å². The maximum atomic E-state index is 13.9. The van der Waals surface area contributed by atoms with Crippen LogP contribution in [-0.4, -0.2) is 40.8 Å². The largest absolute Gasteiger partial charge is 0.872 e. The third kappa shape index (κ3) is 5.16. The standard InChI is InChI=1S/C30H33N3O5/c1-3-4-15-37-24-8-5-7-21(18-24)27-26(28(34)22-9-10-25-23(17-22)16-20(2)38-25)29(35)30(36)33(27)13-6-12-32-14-11-31-19-32/h5,7-11,14,17-20,27H,3-4,6,12-13,15-16H2,1-2H3,(H,34,35). The number of H-pyrrole nitrogens is 1. The first-order valence-electron chi connectivity index (χ1n) is 13.3. The minimum absolute atomic E-state index is 0.0121. The Hall–Kier alpha value is -4.07. The summed E-state index contributed by atoms with van der Waals surface area (Å²) >= 11 is 0. The number of nitrogens with one attached hydrogen (secondary N) is 1. The number of aromatic nitrogens is 2. The highest BCUT2D eigenvalue weighted by molar-refractivity contribution is 6.46. The Balaban J connectivity index is 1.51. The summed E-state index contributed by atoms with van der Waals surface area (Å²) in [5, 5.41) is 13.9. The van der Waals surface area contributed by atoms with Gasteiger partial charge in [0.25, 0.3) is 5.91 Å². The zero-order valence-electron chi connectivity index (χ0n) is 21.8.